The topological polar surface area (TPSA) is 35.1 Å². The monoisotopic (exact) mass is 621 g/mol. The first-order valence-corrected chi connectivity index (χ1v) is 16.5. The van der Waals surface area contributed by atoms with Gasteiger partial charge in [-0.1, -0.05) is 82.3 Å². The Morgan fingerprint density at radius 2 is 1.43 bits per heavy atom. The molecule has 0 aliphatic carbocycles. The minimum absolute atomic E-state index is 0.390. The molecule has 0 fully saturated rings. The lowest BCUT2D eigenvalue weighted by Crippen LogP contribution is -2.33. The van der Waals surface area contributed by atoms with E-state index in [0.29, 0.717) is 11.8 Å². The van der Waals surface area contributed by atoms with Gasteiger partial charge in [0.15, 0.2) is 0 Å². The molecule has 0 radical (unpaired) electrons. The maximum Gasteiger partial charge on any atom is 0.373 e. The molecule has 0 unspecified atom stereocenters. The van der Waals surface area contributed by atoms with Crippen molar-refractivity contribution >= 4 is 21.9 Å². The van der Waals surface area contributed by atoms with E-state index in [4.69, 9.17) is 9.15 Å². The lowest BCUT2D eigenvalue weighted by molar-refractivity contribution is -0.665. The molecule has 4 aromatic carbocycles. The lowest BCUT2D eigenvalue weighted by atomic mass is 9.92. The van der Waals surface area contributed by atoms with Gasteiger partial charge in [0.25, 0.3) is 5.82 Å². The fraction of sp³-hybridized carbons (Fsp3) is 0.238. The molecule has 7 aromatic rings. The summed E-state index contributed by atoms with van der Waals surface area (Å²) >= 11 is 0. The van der Waals surface area contributed by atoms with Crippen molar-refractivity contribution in [1.82, 2.24) is 4.57 Å². The molecule has 0 atom stereocenters. The van der Waals surface area contributed by atoms with Crippen LogP contribution >= 0.6 is 0 Å². The highest BCUT2D eigenvalue weighted by Crippen LogP contribution is 2.39. The Morgan fingerprint density at radius 1 is 0.723 bits per heavy atom. The molecule has 0 saturated heterocycles. The van der Waals surface area contributed by atoms with Gasteiger partial charge in [-0.3, -0.25) is 0 Å². The molecule has 5 heteroatoms. The van der Waals surface area contributed by atoms with Crippen LogP contribution in [0.5, 0.6) is 11.6 Å². The Hall–Kier alpha value is -5.16. The van der Waals surface area contributed by atoms with Crippen LogP contribution in [0.2, 0.25) is 0 Å². The third kappa shape index (κ3) is 5.11. The molecule has 5 nitrogen and oxygen atoms in total. The molecule has 47 heavy (non-hydrogen) atoms. The van der Waals surface area contributed by atoms with Crippen molar-refractivity contribution in [2.45, 2.75) is 53.4 Å². The van der Waals surface area contributed by atoms with Crippen molar-refractivity contribution in [2.24, 2.45) is 14.1 Å². The van der Waals surface area contributed by atoms with Gasteiger partial charge in [-0.15, -0.1) is 0 Å². The normalized spacial score (nSPS) is 11.8. The number of imidazole rings is 1. The Labute approximate surface area is 277 Å². The third-order valence-corrected chi connectivity index (χ3v) is 9.52. The van der Waals surface area contributed by atoms with Gasteiger partial charge in [-0.25, -0.2) is 4.57 Å². The van der Waals surface area contributed by atoms with Crippen LogP contribution in [0.1, 0.15) is 61.8 Å². The average molecular weight is 622 g/mol. The molecule has 0 bridgehead atoms. The van der Waals surface area contributed by atoms with Crippen LogP contribution in [0.15, 0.2) is 108 Å². The van der Waals surface area contributed by atoms with Gasteiger partial charge in [0.1, 0.15) is 42.0 Å². The van der Waals surface area contributed by atoms with E-state index in [9.17, 15) is 0 Å². The molecule has 3 aromatic heterocycles. The first-order chi connectivity index (χ1) is 22.7. The van der Waals surface area contributed by atoms with Crippen molar-refractivity contribution in [3.05, 3.63) is 126 Å². The number of hydrogen-bond acceptors (Lipinski definition) is 2. The predicted molar refractivity (Wildman–Crippen MR) is 190 cm³/mol. The van der Waals surface area contributed by atoms with Gasteiger partial charge >= 0.3 is 5.88 Å². The highest BCUT2D eigenvalue weighted by Gasteiger charge is 2.28. The zero-order valence-corrected chi connectivity index (χ0v) is 28.6. The summed E-state index contributed by atoms with van der Waals surface area (Å²) in [4.78, 5) is 0. The van der Waals surface area contributed by atoms with Crippen molar-refractivity contribution < 1.29 is 18.3 Å². The molecule has 3 heterocycles. The summed E-state index contributed by atoms with van der Waals surface area (Å²) in [6, 6.07) is 31.9. The van der Waals surface area contributed by atoms with E-state index < -0.39 is 0 Å². The van der Waals surface area contributed by atoms with Gasteiger partial charge in [-0.05, 0) is 55.5 Å². The Morgan fingerprint density at radius 3 is 2.17 bits per heavy atom. The summed E-state index contributed by atoms with van der Waals surface area (Å²) in [7, 11) is 4.18. The third-order valence-electron chi connectivity index (χ3n) is 9.52. The summed E-state index contributed by atoms with van der Waals surface area (Å²) < 4.78 is 19.9. The molecule has 0 saturated carbocycles. The van der Waals surface area contributed by atoms with E-state index in [1.807, 2.05) is 18.2 Å². The number of benzene rings is 4. The van der Waals surface area contributed by atoms with E-state index in [1.54, 1.807) is 0 Å². The van der Waals surface area contributed by atoms with Crippen LogP contribution in [-0.2, 0) is 14.1 Å². The molecule has 7 rings (SSSR count). The van der Waals surface area contributed by atoms with Gasteiger partial charge in [0, 0.05) is 33.5 Å². The largest absolute Gasteiger partial charge is 0.455 e. The van der Waals surface area contributed by atoms with Crippen molar-refractivity contribution in [3.63, 3.8) is 0 Å². The van der Waals surface area contributed by atoms with Crippen LogP contribution in [-0.4, -0.2) is 4.57 Å². The molecular formula is C42H43N3O2+2. The second-order valence-electron chi connectivity index (χ2n) is 13.3. The van der Waals surface area contributed by atoms with Gasteiger partial charge in [0.05, 0.1) is 24.2 Å². The summed E-state index contributed by atoms with van der Waals surface area (Å²) in [5, 5.41) is 2.24. The zero-order chi connectivity index (χ0) is 33.0. The summed E-state index contributed by atoms with van der Waals surface area (Å²) in [6.07, 6.45) is 4.34. The maximum atomic E-state index is 6.77. The fourth-order valence-corrected chi connectivity index (χ4v) is 6.97. The number of aromatic nitrogens is 3. The molecule has 0 aliphatic heterocycles. The number of furan rings is 1. The number of ether oxygens (including phenoxy) is 1. The number of hydrogen-bond donors (Lipinski definition) is 0. The quantitative estimate of drug-likeness (QED) is 0.166. The van der Waals surface area contributed by atoms with Crippen LogP contribution in [0, 0.1) is 13.8 Å². The predicted octanol–water partition coefficient (Wildman–Crippen LogP) is 10.0. The Kier molecular flexibility index (Phi) is 7.71. The minimum Gasteiger partial charge on any atom is -0.455 e. The van der Waals surface area contributed by atoms with Crippen molar-refractivity contribution in [2.75, 3.05) is 0 Å². The molecule has 0 amide bonds. The Bertz CT molecular complexity index is 2260. The van der Waals surface area contributed by atoms with Crippen LogP contribution < -0.4 is 13.9 Å². The van der Waals surface area contributed by atoms with E-state index in [-0.39, 0.29) is 0 Å². The number of rotatable bonds is 7. The highest BCUT2D eigenvalue weighted by molar-refractivity contribution is 6.09. The molecular weight excluding hydrogens is 578 g/mol. The molecule has 0 N–H and O–H groups in total. The number of para-hydroxylation sites is 2. The van der Waals surface area contributed by atoms with Gasteiger partial charge < -0.3 is 9.15 Å². The zero-order valence-electron chi connectivity index (χ0n) is 28.6. The van der Waals surface area contributed by atoms with Gasteiger partial charge in [-0.2, -0.15) is 9.13 Å². The Balaban J connectivity index is 1.33. The molecule has 236 valence electrons. The maximum absolute atomic E-state index is 6.77. The van der Waals surface area contributed by atoms with Crippen molar-refractivity contribution in [1.29, 1.82) is 0 Å². The first kappa shape index (κ1) is 30.5. The number of aryl methyl sites for hydroxylation is 2. The number of pyridine rings is 1. The van der Waals surface area contributed by atoms with E-state index >= 15 is 0 Å². The van der Waals surface area contributed by atoms with Crippen LogP contribution in [0.3, 0.4) is 0 Å². The van der Waals surface area contributed by atoms with E-state index in [1.165, 1.54) is 16.8 Å². The lowest BCUT2D eigenvalue weighted by Gasteiger charge is -2.18. The average Bonchev–Trinajstić information content (AvgIpc) is 3.62. The van der Waals surface area contributed by atoms with Crippen molar-refractivity contribution in [3.8, 4) is 40.0 Å². The van der Waals surface area contributed by atoms with Crippen LogP contribution in [0.4, 0.5) is 0 Å². The van der Waals surface area contributed by atoms with E-state index in [2.05, 4.69) is 155 Å². The first-order valence-electron chi connectivity index (χ1n) is 16.5. The summed E-state index contributed by atoms with van der Waals surface area (Å²) in [5.74, 6) is 3.47. The van der Waals surface area contributed by atoms with E-state index in [0.717, 1.165) is 67.3 Å². The smallest absolute Gasteiger partial charge is 0.373 e. The van der Waals surface area contributed by atoms with Crippen LogP contribution in [0.25, 0.3) is 50.3 Å². The second kappa shape index (κ2) is 11.9. The minimum atomic E-state index is 0.390. The van der Waals surface area contributed by atoms with Gasteiger partial charge in [0.2, 0.25) is 5.69 Å². The highest BCUT2D eigenvalue weighted by atomic mass is 16.5. The molecule has 0 aliphatic rings. The SMILES string of the molecule is Cc1ccc2c(oc3ccccc32)c1-c1cccc(Oc2cccc(-c3n(-c4c(C(C)C)cccc4C(C)C)cc[n+]3C)c2C)[n+]1C. The summed E-state index contributed by atoms with van der Waals surface area (Å²) in [5.41, 5.74) is 11.2. The molecule has 0 spiro atoms. The number of nitrogens with zero attached hydrogens (tertiary/aromatic N) is 3. The summed E-state index contributed by atoms with van der Waals surface area (Å²) in [6.45, 7) is 13.4. The number of fused-ring (bicyclic) bond motifs is 3. The standard InChI is InChI=1S/C42H43N3O2/c1-26(2)30-15-11-16-31(27(3)4)40(30)45-25-24-43(7)42(45)32-17-12-20-36(29(32)6)46-38-21-13-18-35(44(38)8)39-28(5)22-23-34-33-14-9-10-19-37(33)47-41(34)39/h9-27H,1-8H3/q+2. The fourth-order valence-electron chi connectivity index (χ4n) is 6.97. The second-order valence-corrected chi connectivity index (χ2v) is 13.3.